The Hall–Kier alpha value is -2.19. The summed E-state index contributed by atoms with van der Waals surface area (Å²) in [6.07, 6.45) is 1.12. The predicted molar refractivity (Wildman–Crippen MR) is 130 cm³/mol. The van der Waals surface area contributed by atoms with Crippen LogP contribution in [0.2, 0.25) is 5.02 Å². The molecule has 0 radical (unpaired) electrons. The summed E-state index contributed by atoms with van der Waals surface area (Å²) in [5.74, 6) is 0.820. The molecule has 0 unspecified atom stereocenters. The Bertz CT molecular complexity index is 1050. The van der Waals surface area contributed by atoms with Crippen molar-refractivity contribution in [1.29, 1.82) is 0 Å². The van der Waals surface area contributed by atoms with Crippen LogP contribution >= 0.6 is 22.9 Å². The molecule has 1 aromatic heterocycles. The molecule has 0 atom stereocenters. The van der Waals surface area contributed by atoms with Crippen molar-refractivity contribution in [2.24, 2.45) is 0 Å². The van der Waals surface area contributed by atoms with Gasteiger partial charge in [0.25, 0.3) is 0 Å². The van der Waals surface area contributed by atoms with Crippen LogP contribution in [0.25, 0.3) is 10.2 Å². The maximum absolute atomic E-state index is 13.4. The Morgan fingerprint density at radius 3 is 2.84 bits per heavy atom. The highest BCUT2D eigenvalue weighted by atomic mass is 35.5. The molecule has 1 aliphatic heterocycles. The molecule has 3 aromatic rings. The van der Waals surface area contributed by atoms with Gasteiger partial charge in [-0.2, -0.15) is 0 Å². The van der Waals surface area contributed by atoms with Crippen LogP contribution in [0.5, 0.6) is 5.75 Å². The van der Waals surface area contributed by atoms with Crippen molar-refractivity contribution in [2.75, 3.05) is 50.9 Å². The number of rotatable bonds is 9. The first-order chi connectivity index (χ1) is 15.6. The molecule has 0 N–H and O–H groups in total. The van der Waals surface area contributed by atoms with Gasteiger partial charge in [0.05, 0.1) is 36.5 Å². The van der Waals surface area contributed by atoms with Crippen LogP contribution < -0.4 is 9.64 Å². The van der Waals surface area contributed by atoms with Crippen molar-refractivity contribution in [3.63, 3.8) is 0 Å². The highest BCUT2D eigenvalue weighted by Gasteiger charge is 2.21. The fourth-order valence-corrected chi connectivity index (χ4v) is 5.01. The highest BCUT2D eigenvalue weighted by molar-refractivity contribution is 7.22. The number of fused-ring (bicyclic) bond motifs is 1. The SMILES string of the molecule is CCOc1ccc2nc(N(CCCN3CCOCC3)C(=O)Cc3ccccc3Cl)sc2c1. The lowest BCUT2D eigenvalue weighted by Gasteiger charge is -2.27. The third kappa shape index (κ3) is 5.78. The molecule has 0 saturated carbocycles. The molecule has 0 bridgehead atoms. The summed E-state index contributed by atoms with van der Waals surface area (Å²) < 4.78 is 12.1. The number of anilines is 1. The van der Waals surface area contributed by atoms with Crippen molar-refractivity contribution in [3.8, 4) is 5.75 Å². The van der Waals surface area contributed by atoms with Crippen LogP contribution in [-0.2, 0) is 16.0 Å². The number of hydrogen-bond donors (Lipinski definition) is 0. The first-order valence-electron chi connectivity index (χ1n) is 11.0. The molecule has 1 fully saturated rings. The minimum Gasteiger partial charge on any atom is -0.494 e. The number of thiazole rings is 1. The average molecular weight is 474 g/mol. The van der Waals surface area contributed by atoms with E-state index >= 15 is 0 Å². The van der Waals surface area contributed by atoms with E-state index in [1.54, 1.807) is 0 Å². The summed E-state index contributed by atoms with van der Waals surface area (Å²) in [4.78, 5) is 22.3. The smallest absolute Gasteiger partial charge is 0.233 e. The van der Waals surface area contributed by atoms with E-state index in [0.717, 1.165) is 60.8 Å². The maximum atomic E-state index is 13.4. The van der Waals surface area contributed by atoms with Crippen LogP contribution in [-0.4, -0.2) is 61.8 Å². The molecule has 1 amide bonds. The third-order valence-electron chi connectivity index (χ3n) is 5.45. The zero-order valence-corrected chi connectivity index (χ0v) is 19.8. The number of ether oxygens (including phenoxy) is 2. The third-order valence-corrected chi connectivity index (χ3v) is 6.86. The summed E-state index contributed by atoms with van der Waals surface area (Å²) in [6.45, 7) is 7.54. The van der Waals surface area contributed by atoms with Crippen LogP contribution in [0.3, 0.4) is 0 Å². The Balaban J connectivity index is 1.53. The van der Waals surface area contributed by atoms with E-state index in [-0.39, 0.29) is 12.3 Å². The predicted octanol–water partition coefficient (Wildman–Crippen LogP) is 4.65. The van der Waals surface area contributed by atoms with E-state index in [0.29, 0.717) is 23.3 Å². The molecule has 170 valence electrons. The number of hydrogen-bond acceptors (Lipinski definition) is 6. The molecule has 32 heavy (non-hydrogen) atoms. The molecular weight excluding hydrogens is 446 g/mol. The number of benzene rings is 2. The minimum atomic E-state index is 0.00386. The van der Waals surface area contributed by atoms with Gasteiger partial charge in [0, 0.05) is 31.2 Å². The summed E-state index contributed by atoms with van der Waals surface area (Å²) in [7, 11) is 0. The molecule has 8 heteroatoms. The Labute approximate surface area is 197 Å². The maximum Gasteiger partial charge on any atom is 0.233 e. The van der Waals surface area contributed by atoms with Gasteiger partial charge in [-0.3, -0.25) is 14.6 Å². The van der Waals surface area contributed by atoms with Crippen LogP contribution in [0.15, 0.2) is 42.5 Å². The Morgan fingerprint density at radius 2 is 2.06 bits per heavy atom. The number of carbonyl (C=O) groups excluding carboxylic acids is 1. The van der Waals surface area contributed by atoms with Crippen molar-refractivity contribution >= 4 is 44.2 Å². The molecule has 2 heterocycles. The van der Waals surface area contributed by atoms with Crippen molar-refractivity contribution in [1.82, 2.24) is 9.88 Å². The molecule has 1 saturated heterocycles. The summed E-state index contributed by atoms with van der Waals surface area (Å²) in [5.41, 5.74) is 1.70. The van der Waals surface area contributed by atoms with Crippen LogP contribution in [0, 0.1) is 0 Å². The molecule has 1 aliphatic rings. The van der Waals surface area contributed by atoms with Crippen LogP contribution in [0.1, 0.15) is 18.9 Å². The summed E-state index contributed by atoms with van der Waals surface area (Å²) in [5, 5.41) is 1.33. The quantitative estimate of drug-likeness (QED) is 0.453. The fraction of sp³-hybridized carbons (Fsp3) is 0.417. The summed E-state index contributed by atoms with van der Waals surface area (Å²) >= 11 is 7.84. The lowest BCUT2D eigenvalue weighted by Crippen LogP contribution is -2.39. The van der Waals surface area contributed by atoms with Gasteiger partial charge in [0.1, 0.15) is 5.75 Å². The first-order valence-corrected chi connectivity index (χ1v) is 12.2. The van der Waals surface area contributed by atoms with Crippen LogP contribution in [0.4, 0.5) is 5.13 Å². The van der Waals surface area contributed by atoms with E-state index in [1.807, 2.05) is 54.3 Å². The Morgan fingerprint density at radius 1 is 1.25 bits per heavy atom. The fourth-order valence-electron chi connectivity index (χ4n) is 3.77. The molecule has 4 rings (SSSR count). The zero-order valence-electron chi connectivity index (χ0n) is 18.3. The lowest BCUT2D eigenvalue weighted by atomic mass is 10.1. The topological polar surface area (TPSA) is 54.9 Å². The number of amides is 1. The minimum absolute atomic E-state index is 0.00386. The van der Waals surface area contributed by atoms with Gasteiger partial charge in [0.15, 0.2) is 5.13 Å². The number of halogens is 1. The summed E-state index contributed by atoms with van der Waals surface area (Å²) in [6, 6.07) is 13.4. The monoisotopic (exact) mass is 473 g/mol. The Kier molecular flexibility index (Phi) is 7.97. The largest absolute Gasteiger partial charge is 0.494 e. The van der Waals surface area contributed by atoms with E-state index in [2.05, 4.69) is 4.90 Å². The van der Waals surface area contributed by atoms with E-state index in [1.165, 1.54) is 11.3 Å². The number of aromatic nitrogens is 1. The average Bonchev–Trinajstić information content (AvgIpc) is 3.22. The van der Waals surface area contributed by atoms with Gasteiger partial charge < -0.3 is 9.47 Å². The second-order valence-electron chi connectivity index (χ2n) is 7.68. The second-order valence-corrected chi connectivity index (χ2v) is 9.10. The molecular formula is C24H28ClN3O3S. The number of morpholine rings is 1. The molecule has 0 spiro atoms. The van der Waals surface area contributed by atoms with E-state index in [4.69, 9.17) is 26.1 Å². The lowest BCUT2D eigenvalue weighted by molar-refractivity contribution is -0.118. The first kappa shape index (κ1) is 23.0. The van der Waals surface area contributed by atoms with Gasteiger partial charge in [-0.1, -0.05) is 41.1 Å². The normalized spacial score (nSPS) is 14.6. The number of carbonyl (C=O) groups is 1. The van der Waals surface area contributed by atoms with Crippen molar-refractivity contribution in [2.45, 2.75) is 19.8 Å². The van der Waals surface area contributed by atoms with Gasteiger partial charge >= 0.3 is 0 Å². The highest BCUT2D eigenvalue weighted by Crippen LogP contribution is 2.32. The van der Waals surface area contributed by atoms with E-state index < -0.39 is 0 Å². The second kappa shape index (κ2) is 11.1. The van der Waals surface area contributed by atoms with Crippen molar-refractivity contribution in [3.05, 3.63) is 53.1 Å². The van der Waals surface area contributed by atoms with Gasteiger partial charge in [0.2, 0.25) is 5.91 Å². The molecule has 2 aromatic carbocycles. The van der Waals surface area contributed by atoms with E-state index in [9.17, 15) is 4.79 Å². The van der Waals surface area contributed by atoms with Crippen molar-refractivity contribution < 1.29 is 14.3 Å². The molecule has 6 nitrogen and oxygen atoms in total. The van der Waals surface area contributed by atoms with Gasteiger partial charge in [-0.05, 0) is 43.2 Å². The number of nitrogens with zero attached hydrogens (tertiary/aromatic N) is 3. The molecule has 0 aliphatic carbocycles. The standard InChI is InChI=1S/C24H28ClN3O3S/c1-2-31-19-8-9-21-22(17-19)32-24(26-21)28(11-5-10-27-12-14-30-15-13-27)23(29)16-18-6-3-4-7-20(18)25/h3-4,6-9,17H,2,5,10-16H2,1H3. The van der Waals surface area contributed by atoms with Gasteiger partial charge in [-0.15, -0.1) is 0 Å². The van der Waals surface area contributed by atoms with Gasteiger partial charge in [-0.25, -0.2) is 4.98 Å². The zero-order chi connectivity index (χ0) is 22.3.